The summed E-state index contributed by atoms with van der Waals surface area (Å²) in [4.78, 5) is 11.9. The van der Waals surface area contributed by atoms with Crippen LogP contribution in [-0.2, 0) is 11.2 Å². The Bertz CT molecular complexity index is 560. The number of hydrogen-bond donors (Lipinski definition) is 2. The van der Waals surface area contributed by atoms with Gasteiger partial charge in [-0.05, 0) is 51.3 Å². The molecule has 0 radical (unpaired) electrons. The van der Waals surface area contributed by atoms with Crippen LogP contribution in [0.2, 0.25) is 5.02 Å². The molecule has 1 aromatic rings. The van der Waals surface area contributed by atoms with Gasteiger partial charge in [0.2, 0.25) is 0 Å². The molecule has 0 fully saturated rings. The topological polar surface area (TPSA) is 58.6 Å². The maximum absolute atomic E-state index is 13.2. The molecule has 0 heterocycles. The number of halogens is 2. The Kier molecular flexibility index (Phi) is 7.49. The molecule has 0 aliphatic carbocycles. The molecule has 0 aliphatic heterocycles. The first-order valence-corrected chi connectivity index (χ1v) is 8.50. The smallest absolute Gasteiger partial charge is 0.407 e. The van der Waals surface area contributed by atoms with Crippen molar-refractivity contribution in [2.75, 3.05) is 13.2 Å². The molecule has 1 atom stereocenters. The molecule has 1 aromatic carbocycles. The lowest BCUT2D eigenvalue weighted by molar-refractivity contribution is 0.0455. The Morgan fingerprint density at radius 3 is 2.54 bits per heavy atom. The van der Waals surface area contributed by atoms with Gasteiger partial charge in [0.25, 0.3) is 0 Å². The monoisotopic (exact) mass is 359 g/mol. The maximum Gasteiger partial charge on any atom is 0.407 e. The van der Waals surface area contributed by atoms with Gasteiger partial charge in [0.15, 0.2) is 0 Å². The van der Waals surface area contributed by atoms with Gasteiger partial charge in [0.05, 0.1) is 6.61 Å². The lowest BCUT2D eigenvalue weighted by Crippen LogP contribution is -2.43. The summed E-state index contributed by atoms with van der Waals surface area (Å²) < 4.78 is 18.5. The van der Waals surface area contributed by atoms with Crippen LogP contribution in [-0.4, -0.2) is 30.0 Å². The summed E-state index contributed by atoms with van der Waals surface area (Å²) in [5.74, 6) is -0.402. The normalized spacial score (nSPS) is 14.1. The van der Waals surface area contributed by atoms with Gasteiger partial charge in [-0.3, -0.25) is 0 Å². The van der Waals surface area contributed by atoms with Crippen molar-refractivity contribution < 1.29 is 19.0 Å². The Morgan fingerprint density at radius 2 is 2.04 bits per heavy atom. The van der Waals surface area contributed by atoms with Crippen LogP contribution in [0.5, 0.6) is 0 Å². The largest absolute Gasteiger partial charge is 0.444 e. The third-order valence-corrected chi connectivity index (χ3v) is 4.05. The van der Waals surface area contributed by atoms with E-state index in [0.717, 1.165) is 12.0 Å². The Morgan fingerprint density at radius 1 is 1.38 bits per heavy atom. The molecule has 0 aromatic heterocycles. The van der Waals surface area contributed by atoms with Crippen LogP contribution in [0, 0.1) is 11.2 Å². The Hall–Kier alpha value is -1.33. The number of aliphatic hydroxyl groups excluding tert-OH is 1. The first-order chi connectivity index (χ1) is 11.1. The second-order valence-electron chi connectivity index (χ2n) is 7.18. The summed E-state index contributed by atoms with van der Waals surface area (Å²) in [5.41, 5.74) is -0.420. The van der Waals surface area contributed by atoms with Crippen LogP contribution in [0.3, 0.4) is 0 Å². The molecule has 6 heteroatoms. The van der Waals surface area contributed by atoms with Crippen LogP contribution in [0.15, 0.2) is 18.2 Å². The predicted molar refractivity (Wildman–Crippen MR) is 93.8 cm³/mol. The first-order valence-electron chi connectivity index (χ1n) is 8.12. The SMILES string of the molecule is CCCC(CO)(CNC(=O)OC(C)(C)C)Cc1ccc(F)cc1Cl. The molecule has 0 aliphatic rings. The number of carbonyl (C=O) groups excluding carboxylic acids is 1. The van der Waals surface area contributed by atoms with Gasteiger partial charge in [-0.2, -0.15) is 0 Å². The highest BCUT2D eigenvalue weighted by atomic mass is 35.5. The van der Waals surface area contributed by atoms with Gasteiger partial charge in [0, 0.05) is 17.0 Å². The maximum atomic E-state index is 13.2. The van der Waals surface area contributed by atoms with E-state index < -0.39 is 22.9 Å². The zero-order valence-corrected chi connectivity index (χ0v) is 15.5. The van der Waals surface area contributed by atoms with Crippen LogP contribution in [0.25, 0.3) is 0 Å². The van der Waals surface area contributed by atoms with Crippen LogP contribution in [0.4, 0.5) is 9.18 Å². The van der Waals surface area contributed by atoms with Gasteiger partial charge >= 0.3 is 6.09 Å². The standard InChI is InChI=1S/C18H27ClFNO3/c1-5-8-18(12-22,11-21-16(23)24-17(2,3)4)10-13-6-7-14(20)9-15(13)19/h6-7,9,22H,5,8,10-12H2,1-4H3,(H,21,23). The van der Waals surface area contributed by atoms with Gasteiger partial charge in [-0.15, -0.1) is 0 Å². The number of amides is 1. The van der Waals surface area contributed by atoms with E-state index in [-0.39, 0.29) is 13.2 Å². The van der Waals surface area contributed by atoms with Gasteiger partial charge < -0.3 is 15.2 Å². The van der Waals surface area contributed by atoms with Gasteiger partial charge in [-0.25, -0.2) is 9.18 Å². The number of benzene rings is 1. The third kappa shape index (κ3) is 6.65. The summed E-state index contributed by atoms with van der Waals surface area (Å²) in [6.45, 7) is 7.50. The van der Waals surface area contributed by atoms with Crippen LogP contribution in [0.1, 0.15) is 46.1 Å². The fourth-order valence-electron chi connectivity index (χ4n) is 2.60. The molecule has 0 bridgehead atoms. The molecule has 1 unspecified atom stereocenters. The lowest BCUT2D eigenvalue weighted by atomic mass is 9.78. The van der Waals surface area contributed by atoms with Crippen LogP contribution < -0.4 is 5.32 Å². The van der Waals surface area contributed by atoms with Crippen molar-refractivity contribution in [3.05, 3.63) is 34.6 Å². The molecule has 0 spiro atoms. The molecule has 24 heavy (non-hydrogen) atoms. The average Bonchev–Trinajstić information content (AvgIpc) is 2.46. The zero-order chi connectivity index (χ0) is 18.4. The number of hydrogen-bond acceptors (Lipinski definition) is 3. The number of ether oxygens (including phenoxy) is 1. The number of rotatable bonds is 7. The Balaban J connectivity index is 2.87. The summed E-state index contributed by atoms with van der Waals surface area (Å²) in [6, 6.07) is 4.22. The highest BCUT2D eigenvalue weighted by molar-refractivity contribution is 6.31. The molecule has 1 rings (SSSR count). The second-order valence-corrected chi connectivity index (χ2v) is 7.58. The quantitative estimate of drug-likeness (QED) is 0.762. The van der Waals surface area contributed by atoms with E-state index in [1.54, 1.807) is 26.8 Å². The highest BCUT2D eigenvalue weighted by Crippen LogP contribution is 2.31. The molecule has 2 N–H and O–H groups in total. The van der Waals surface area contributed by atoms with E-state index in [0.29, 0.717) is 17.9 Å². The van der Waals surface area contributed by atoms with Crippen molar-refractivity contribution in [1.82, 2.24) is 5.32 Å². The minimum absolute atomic E-state index is 0.121. The number of carbonyl (C=O) groups is 1. The Labute approximate surface area is 148 Å². The number of nitrogens with one attached hydrogen (secondary N) is 1. The second kappa shape index (κ2) is 8.67. The summed E-state index contributed by atoms with van der Waals surface area (Å²) in [5, 5.41) is 13.0. The van der Waals surface area contributed by atoms with Gasteiger partial charge in [-0.1, -0.05) is 31.0 Å². The average molecular weight is 360 g/mol. The van der Waals surface area contributed by atoms with E-state index >= 15 is 0 Å². The molecule has 0 saturated carbocycles. The molecule has 136 valence electrons. The summed E-state index contributed by atoms with van der Waals surface area (Å²) in [7, 11) is 0. The fraction of sp³-hybridized carbons (Fsp3) is 0.611. The van der Waals surface area contributed by atoms with E-state index in [1.165, 1.54) is 12.1 Å². The van der Waals surface area contributed by atoms with E-state index in [1.807, 2.05) is 6.92 Å². The number of aliphatic hydroxyl groups is 1. The molecule has 0 saturated heterocycles. The highest BCUT2D eigenvalue weighted by Gasteiger charge is 2.31. The minimum Gasteiger partial charge on any atom is -0.444 e. The molecule has 1 amide bonds. The predicted octanol–water partition coefficient (Wildman–Crippen LogP) is 4.33. The van der Waals surface area contributed by atoms with Crippen molar-refractivity contribution in [2.24, 2.45) is 5.41 Å². The summed E-state index contributed by atoms with van der Waals surface area (Å²) >= 11 is 6.11. The van der Waals surface area contributed by atoms with E-state index in [4.69, 9.17) is 16.3 Å². The zero-order valence-electron chi connectivity index (χ0n) is 14.8. The van der Waals surface area contributed by atoms with E-state index in [2.05, 4.69) is 5.32 Å². The van der Waals surface area contributed by atoms with Crippen molar-refractivity contribution in [3.8, 4) is 0 Å². The fourth-order valence-corrected chi connectivity index (χ4v) is 2.84. The van der Waals surface area contributed by atoms with Gasteiger partial charge in [0.1, 0.15) is 11.4 Å². The van der Waals surface area contributed by atoms with Crippen molar-refractivity contribution in [3.63, 3.8) is 0 Å². The van der Waals surface area contributed by atoms with Crippen molar-refractivity contribution in [1.29, 1.82) is 0 Å². The van der Waals surface area contributed by atoms with E-state index in [9.17, 15) is 14.3 Å². The third-order valence-electron chi connectivity index (χ3n) is 3.70. The van der Waals surface area contributed by atoms with Crippen molar-refractivity contribution in [2.45, 2.75) is 52.6 Å². The number of alkyl carbamates (subject to hydrolysis) is 1. The lowest BCUT2D eigenvalue weighted by Gasteiger charge is -2.33. The van der Waals surface area contributed by atoms with Crippen molar-refractivity contribution >= 4 is 17.7 Å². The minimum atomic E-state index is -0.586. The van der Waals surface area contributed by atoms with Crippen LogP contribution >= 0.6 is 11.6 Å². The molecular weight excluding hydrogens is 333 g/mol. The first kappa shape index (κ1) is 20.7. The molecule has 4 nitrogen and oxygen atoms in total. The summed E-state index contributed by atoms with van der Waals surface area (Å²) in [6.07, 6.45) is 1.43. The molecular formula is C18H27ClFNO3.